The number of nitrogens with one attached hydrogen (secondary N) is 2. The highest BCUT2D eigenvalue weighted by Gasteiger charge is 2.54. The summed E-state index contributed by atoms with van der Waals surface area (Å²) in [4.78, 5) is 73.7. The third-order valence-corrected chi connectivity index (χ3v) is 10.5. The predicted molar refractivity (Wildman–Crippen MR) is 156 cm³/mol. The molecule has 4 N–H and O–H groups in total. The molecule has 0 spiro atoms. The van der Waals surface area contributed by atoms with Gasteiger partial charge in [-0.25, -0.2) is 14.3 Å². The number of oxime groups is 1. The number of thiazole rings is 1. The maximum Gasteiger partial charge on any atom is 0.353 e. The van der Waals surface area contributed by atoms with Gasteiger partial charge in [0.1, 0.15) is 30.8 Å². The van der Waals surface area contributed by atoms with Crippen molar-refractivity contribution in [1.29, 1.82) is 0 Å². The molecule has 5 heterocycles. The molecule has 0 aromatic carbocycles. The fourth-order valence-electron chi connectivity index (χ4n) is 3.89. The lowest BCUT2D eigenvalue weighted by atomic mass is 10.0. The highest BCUT2D eigenvalue weighted by atomic mass is 32.2. The van der Waals surface area contributed by atoms with Crippen LogP contribution in [0.25, 0.3) is 11.3 Å². The van der Waals surface area contributed by atoms with Gasteiger partial charge in [-0.2, -0.15) is 9.36 Å². The number of aromatic nitrogens is 4. The lowest BCUT2D eigenvalue weighted by molar-refractivity contribution is -0.671. The van der Waals surface area contributed by atoms with Crippen LogP contribution in [-0.4, -0.2) is 76.5 Å². The van der Waals surface area contributed by atoms with Crippen molar-refractivity contribution in [2.75, 3.05) is 17.4 Å². The molecule has 0 bridgehead atoms. The third-order valence-electron chi connectivity index (χ3n) is 5.77. The topological polar surface area (TPSA) is 223 Å². The van der Waals surface area contributed by atoms with Crippen molar-refractivity contribution in [2.45, 2.75) is 22.7 Å². The first-order valence-electron chi connectivity index (χ1n) is 12.1. The Bertz CT molecular complexity index is 1690. The van der Waals surface area contributed by atoms with E-state index in [0.29, 0.717) is 20.8 Å². The molecule has 3 aromatic rings. The molecular formula is C22H21N8O8PS4. The Morgan fingerprint density at radius 3 is 2.77 bits per heavy atom. The number of aryl methyl sites for hydroxylation is 1. The summed E-state index contributed by atoms with van der Waals surface area (Å²) in [6, 6.07) is 2.75. The maximum absolute atomic E-state index is 13.2. The number of thioether (sulfide) groups is 2. The van der Waals surface area contributed by atoms with Crippen LogP contribution in [0.2, 0.25) is 0 Å². The standard InChI is InChI=1S/C22H21N8O8PS4/c1-3-38-26-13(16-25-21(43-28-16)27-39(35,36)37)17(31)24-14-18(32)30-15(20(33)34)12(9-40-19(14)30)42-22-23-11(8-41-22)10-4-6-29(2)7-5-10/h4-8,14,19H,3,9H2,1-2H3,(H4-,24,25,27,28,31,33,34,35,36,37)/b26-13-. The molecule has 21 heteroatoms. The molecule has 5 rings (SSSR count). The van der Waals surface area contributed by atoms with Crippen LogP contribution in [0, 0.1) is 0 Å². The predicted octanol–water partition coefficient (Wildman–Crippen LogP) is 0.588. The molecule has 3 atom stereocenters. The minimum absolute atomic E-state index is 0.0743. The SMILES string of the molecule is CCO/N=C(\C(=O)NC1C(=O)N2C(C(=O)O)=C(Sc3nc(-c4cc[n+](C)cc4)cs3)CSC12)c1nsc(NP(=O)([O-])O)n1. The van der Waals surface area contributed by atoms with Gasteiger partial charge in [0, 0.05) is 45.3 Å². The monoisotopic (exact) mass is 684 g/mol. The third kappa shape index (κ3) is 6.90. The Morgan fingerprint density at radius 1 is 1.35 bits per heavy atom. The first-order valence-corrected chi connectivity index (χ1v) is 17.2. The average Bonchev–Trinajstić information content (AvgIpc) is 3.60. The zero-order chi connectivity index (χ0) is 30.9. The molecule has 0 saturated carbocycles. The van der Waals surface area contributed by atoms with Crippen molar-refractivity contribution in [3.05, 3.63) is 46.3 Å². The largest absolute Gasteiger partial charge is 0.762 e. The van der Waals surface area contributed by atoms with Crippen LogP contribution in [0.5, 0.6) is 0 Å². The Labute approximate surface area is 259 Å². The van der Waals surface area contributed by atoms with Crippen molar-refractivity contribution in [2.24, 2.45) is 12.2 Å². The maximum atomic E-state index is 13.2. The summed E-state index contributed by atoms with van der Waals surface area (Å²) in [5.74, 6) is -2.90. The van der Waals surface area contributed by atoms with Gasteiger partial charge in [-0.15, -0.1) is 23.1 Å². The first-order chi connectivity index (χ1) is 20.4. The molecule has 3 unspecified atom stereocenters. The smallest absolute Gasteiger partial charge is 0.353 e. The van der Waals surface area contributed by atoms with Crippen molar-refractivity contribution < 1.29 is 43.2 Å². The quantitative estimate of drug-likeness (QED) is 0.0714. The molecule has 2 aliphatic heterocycles. The van der Waals surface area contributed by atoms with Crippen molar-refractivity contribution in [1.82, 2.24) is 24.6 Å². The van der Waals surface area contributed by atoms with Gasteiger partial charge in [0.05, 0.1) is 5.69 Å². The second kappa shape index (κ2) is 12.7. The van der Waals surface area contributed by atoms with Crippen molar-refractivity contribution >= 4 is 82.8 Å². The number of amides is 2. The number of carboxylic acids is 1. The molecule has 226 valence electrons. The van der Waals surface area contributed by atoms with Gasteiger partial charge in [-0.1, -0.05) is 16.9 Å². The number of β-lactam (4-membered cyclic amide) rings is 1. The number of aliphatic carboxylic acids is 1. The van der Waals surface area contributed by atoms with Gasteiger partial charge in [0.25, 0.3) is 11.8 Å². The zero-order valence-electron chi connectivity index (χ0n) is 22.1. The van der Waals surface area contributed by atoms with E-state index in [1.807, 2.05) is 41.5 Å². The molecular weight excluding hydrogens is 664 g/mol. The van der Waals surface area contributed by atoms with E-state index in [4.69, 9.17) is 9.73 Å². The van der Waals surface area contributed by atoms with Gasteiger partial charge >= 0.3 is 5.97 Å². The normalized spacial score (nSPS) is 19.8. The molecule has 43 heavy (non-hydrogen) atoms. The highest BCUT2D eigenvalue weighted by Crippen LogP contribution is 2.46. The van der Waals surface area contributed by atoms with Crippen LogP contribution in [0.1, 0.15) is 12.7 Å². The van der Waals surface area contributed by atoms with Crippen LogP contribution in [0.4, 0.5) is 5.13 Å². The summed E-state index contributed by atoms with van der Waals surface area (Å²) in [5, 5.41) is 18.8. The summed E-state index contributed by atoms with van der Waals surface area (Å²) in [6.45, 7) is 1.68. The minimum atomic E-state index is -4.92. The molecule has 3 aromatic heterocycles. The molecule has 2 aliphatic rings. The van der Waals surface area contributed by atoms with E-state index in [0.717, 1.165) is 16.2 Å². The van der Waals surface area contributed by atoms with E-state index in [-0.39, 0.29) is 29.0 Å². The first kappa shape index (κ1) is 31.0. The van der Waals surface area contributed by atoms with Crippen molar-refractivity contribution in [3.63, 3.8) is 0 Å². The Hall–Kier alpha value is -3.39. The highest BCUT2D eigenvalue weighted by molar-refractivity contribution is 8.07. The van der Waals surface area contributed by atoms with E-state index in [1.54, 1.807) is 12.0 Å². The molecule has 0 radical (unpaired) electrons. The van der Waals surface area contributed by atoms with Gasteiger partial charge in [0.2, 0.25) is 24.4 Å². The van der Waals surface area contributed by atoms with Crippen LogP contribution in [0.3, 0.4) is 0 Å². The lowest BCUT2D eigenvalue weighted by Gasteiger charge is -2.49. The van der Waals surface area contributed by atoms with Gasteiger partial charge in [-0.3, -0.25) is 19.1 Å². The summed E-state index contributed by atoms with van der Waals surface area (Å²) < 4.78 is 17.5. The number of carbonyl (C=O) groups excluding carboxylic acids is 2. The lowest BCUT2D eigenvalue weighted by Crippen LogP contribution is -2.71. The Kier molecular flexibility index (Phi) is 9.16. The van der Waals surface area contributed by atoms with Crippen molar-refractivity contribution in [3.8, 4) is 11.3 Å². The fraction of sp³-hybridized carbons (Fsp3) is 0.273. The number of hydrogen-bond acceptors (Lipinski definition) is 14. The molecule has 16 nitrogen and oxygen atoms in total. The number of nitrogens with zero attached hydrogens (tertiary/aromatic N) is 6. The zero-order valence-corrected chi connectivity index (χ0v) is 26.2. The average molecular weight is 685 g/mol. The van der Waals surface area contributed by atoms with E-state index >= 15 is 0 Å². The van der Waals surface area contributed by atoms with E-state index in [2.05, 4.69) is 24.8 Å². The van der Waals surface area contributed by atoms with E-state index < -0.39 is 42.7 Å². The van der Waals surface area contributed by atoms with E-state index in [1.165, 1.54) is 34.9 Å². The summed E-state index contributed by atoms with van der Waals surface area (Å²) in [6.07, 6.45) is 3.79. The molecule has 1 fully saturated rings. The number of pyridine rings is 1. The summed E-state index contributed by atoms with van der Waals surface area (Å²) in [5.41, 5.74) is 1.03. The number of carboxylic acid groups (broad SMARTS) is 1. The number of hydrogen-bond donors (Lipinski definition) is 4. The second-order valence-corrected chi connectivity index (χ2v) is 14.0. The number of carbonyl (C=O) groups is 3. The molecule has 1 saturated heterocycles. The number of fused-ring (bicyclic) bond motifs is 1. The van der Waals surface area contributed by atoms with E-state index in [9.17, 15) is 28.9 Å². The Balaban J connectivity index is 1.31. The number of anilines is 1. The summed E-state index contributed by atoms with van der Waals surface area (Å²) in [7, 11) is -3.02. The van der Waals surface area contributed by atoms with Gasteiger partial charge < -0.3 is 30.1 Å². The molecule has 0 aliphatic carbocycles. The van der Waals surface area contributed by atoms with Crippen LogP contribution < -0.4 is 19.9 Å². The number of rotatable bonds is 11. The van der Waals surface area contributed by atoms with Crippen LogP contribution in [0.15, 0.2) is 50.0 Å². The fourth-order valence-corrected chi connectivity index (χ4v) is 8.58. The minimum Gasteiger partial charge on any atom is -0.762 e. The summed E-state index contributed by atoms with van der Waals surface area (Å²) >= 11 is 4.35. The van der Waals surface area contributed by atoms with Gasteiger partial charge in [0.15, 0.2) is 16.7 Å². The second-order valence-electron chi connectivity index (χ2n) is 8.70. The van der Waals surface area contributed by atoms with Crippen LogP contribution in [-0.2, 0) is 30.8 Å². The molecule has 2 amide bonds. The van der Waals surface area contributed by atoms with Gasteiger partial charge in [-0.05, 0) is 6.92 Å². The Morgan fingerprint density at radius 2 is 2.09 bits per heavy atom. The van der Waals surface area contributed by atoms with Crippen LogP contribution >= 0.6 is 54.1 Å².